The molecule has 2 aromatic carbocycles. The van der Waals surface area contributed by atoms with Crippen molar-refractivity contribution in [2.24, 2.45) is 12.0 Å². The summed E-state index contributed by atoms with van der Waals surface area (Å²) in [6.07, 6.45) is 2.05. The van der Waals surface area contributed by atoms with E-state index in [1.54, 1.807) is 6.07 Å². The van der Waals surface area contributed by atoms with Crippen LogP contribution in [0.3, 0.4) is 0 Å². The Bertz CT molecular complexity index is 1070. The molecule has 4 rings (SSSR count). The van der Waals surface area contributed by atoms with Crippen LogP contribution in [-0.2, 0) is 13.6 Å². The van der Waals surface area contributed by atoms with Crippen LogP contribution in [0.5, 0.6) is 0 Å². The van der Waals surface area contributed by atoms with Gasteiger partial charge in [-0.25, -0.2) is 4.39 Å². The number of aryl methyl sites for hydroxylation is 1. The number of aliphatic imine (C=N–C) groups is 1. The number of nitrogens with zero attached hydrogens (tertiary/aromatic N) is 2. The highest BCUT2D eigenvalue weighted by molar-refractivity contribution is 7.06. The maximum Gasteiger partial charge on any atom is 0.123 e. The van der Waals surface area contributed by atoms with Crippen molar-refractivity contribution in [3.63, 3.8) is 0 Å². The molecule has 0 amide bonds. The molecule has 1 aromatic heterocycles. The topological polar surface area (TPSA) is 17.3 Å². The van der Waals surface area contributed by atoms with Crippen molar-refractivity contribution >= 4 is 26.2 Å². The lowest BCUT2D eigenvalue weighted by Crippen LogP contribution is -2.05. The fourth-order valence-electron chi connectivity index (χ4n) is 3.12. The van der Waals surface area contributed by atoms with Gasteiger partial charge in [-0.15, -0.1) is 0 Å². The Kier molecular flexibility index (Phi) is 4.07. The second-order valence-electron chi connectivity index (χ2n) is 6.07. The molecule has 0 N–H and O–H groups in total. The summed E-state index contributed by atoms with van der Waals surface area (Å²) in [4.78, 5) is 4.79. The SMILES string of the molecule is Cn1cc2c(cc1=P)CN=C(c1ccc(Cl)cc1)c1cc(F)ccc1-2. The molecule has 0 spiro atoms. The van der Waals surface area contributed by atoms with E-state index in [4.69, 9.17) is 16.6 Å². The van der Waals surface area contributed by atoms with E-state index in [0.29, 0.717) is 11.6 Å². The van der Waals surface area contributed by atoms with Crippen LogP contribution >= 0.6 is 20.5 Å². The third-order valence-electron chi connectivity index (χ3n) is 4.41. The fourth-order valence-corrected chi connectivity index (χ4v) is 3.48. The van der Waals surface area contributed by atoms with Gasteiger partial charge in [0, 0.05) is 35.0 Å². The van der Waals surface area contributed by atoms with Crippen molar-refractivity contribution in [1.82, 2.24) is 4.57 Å². The Balaban J connectivity index is 2.00. The summed E-state index contributed by atoms with van der Waals surface area (Å²) in [7, 11) is 5.58. The molecule has 0 bridgehead atoms. The van der Waals surface area contributed by atoms with Crippen LogP contribution in [0.4, 0.5) is 4.39 Å². The van der Waals surface area contributed by atoms with Crippen molar-refractivity contribution < 1.29 is 4.39 Å². The molecule has 0 atom stereocenters. The predicted octanol–water partition coefficient (Wildman–Crippen LogP) is 5.51. The highest BCUT2D eigenvalue weighted by Gasteiger charge is 2.20. The average Bonchev–Trinajstić information content (AvgIpc) is 2.73. The zero-order chi connectivity index (χ0) is 17.6. The van der Waals surface area contributed by atoms with Crippen LogP contribution < -0.4 is 0 Å². The first kappa shape index (κ1) is 16.3. The van der Waals surface area contributed by atoms with Gasteiger partial charge in [-0.1, -0.05) is 38.7 Å². The predicted molar refractivity (Wildman–Crippen MR) is 103 cm³/mol. The summed E-state index contributed by atoms with van der Waals surface area (Å²) in [5, 5.41) is 1.63. The van der Waals surface area contributed by atoms with Crippen molar-refractivity contribution in [2.75, 3.05) is 0 Å². The molecular weight excluding hydrogens is 354 g/mol. The van der Waals surface area contributed by atoms with Crippen molar-refractivity contribution in [2.45, 2.75) is 6.54 Å². The highest BCUT2D eigenvalue weighted by atomic mass is 35.5. The van der Waals surface area contributed by atoms with Crippen molar-refractivity contribution in [1.29, 1.82) is 0 Å². The molecule has 5 heteroatoms. The van der Waals surface area contributed by atoms with Gasteiger partial charge in [-0.3, -0.25) is 4.99 Å². The maximum absolute atomic E-state index is 14.0. The average molecular weight is 369 g/mol. The minimum absolute atomic E-state index is 0.273. The molecule has 2 nitrogen and oxygen atoms in total. The minimum Gasteiger partial charge on any atom is -0.347 e. The molecule has 124 valence electrons. The van der Waals surface area contributed by atoms with Gasteiger partial charge in [0.25, 0.3) is 0 Å². The lowest BCUT2D eigenvalue weighted by molar-refractivity contribution is 0.627. The lowest BCUT2D eigenvalue weighted by Gasteiger charge is -2.13. The summed E-state index contributed by atoms with van der Waals surface area (Å²) in [5.74, 6) is -0.273. The van der Waals surface area contributed by atoms with Gasteiger partial charge >= 0.3 is 0 Å². The normalized spacial score (nSPS) is 12.8. The smallest absolute Gasteiger partial charge is 0.123 e. The van der Waals surface area contributed by atoms with Crippen LogP contribution in [0.15, 0.2) is 59.7 Å². The van der Waals surface area contributed by atoms with Gasteiger partial charge < -0.3 is 4.57 Å². The number of halogens is 2. The van der Waals surface area contributed by atoms with Gasteiger partial charge in [0.15, 0.2) is 0 Å². The summed E-state index contributed by atoms with van der Waals surface area (Å²) < 4.78 is 16.0. The monoisotopic (exact) mass is 368 g/mol. The number of benzene rings is 2. The van der Waals surface area contributed by atoms with Crippen LogP contribution in [0.2, 0.25) is 5.02 Å². The van der Waals surface area contributed by atoms with Crippen molar-refractivity contribution in [3.8, 4) is 11.1 Å². The van der Waals surface area contributed by atoms with E-state index in [-0.39, 0.29) is 5.82 Å². The molecule has 0 fully saturated rings. The Labute approximate surface area is 152 Å². The summed E-state index contributed by atoms with van der Waals surface area (Å²) >= 11 is 6.01. The Hall–Kier alpha value is -2.22. The molecular formula is C20H15ClFN2P. The third kappa shape index (κ3) is 2.95. The molecule has 1 aliphatic rings. The van der Waals surface area contributed by atoms with Crippen LogP contribution in [0, 0.1) is 10.9 Å². The molecule has 0 radical (unpaired) electrons. The van der Waals surface area contributed by atoms with Crippen LogP contribution in [0.25, 0.3) is 11.1 Å². The fraction of sp³-hybridized carbons (Fsp3) is 0.100. The van der Waals surface area contributed by atoms with E-state index >= 15 is 0 Å². The number of hydrogen-bond acceptors (Lipinski definition) is 1. The molecule has 2 heterocycles. The minimum atomic E-state index is -0.273. The number of fused-ring (bicyclic) bond motifs is 3. The lowest BCUT2D eigenvalue weighted by atomic mass is 9.93. The second-order valence-corrected chi connectivity index (χ2v) is 7.02. The molecule has 1 aliphatic heterocycles. The highest BCUT2D eigenvalue weighted by Crippen LogP contribution is 2.33. The zero-order valence-corrected chi connectivity index (χ0v) is 15.3. The van der Waals surface area contributed by atoms with Gasteiger partial charge in [-0.2, -0.15) is 0 Å². The molecule has 0 saturated heterocycles. The van der Waals surface area contributed by atoms with E-state index in [0.717, 1.165) is 38.6 Å². The maximum atomic E-state index is 14.0. The molecule has 0 aliphatic carbocycles. The van der Waals surface area contributed by atoms with Crippen LogP contribution in [0.1, 0.15) is 16.7 Å². The van der Waals surface area contributed by atoms with E-state index in [1.165, 1.54) is 6.07 Å². The summed E-state index contributed by atoms with van der Waals surface area (Å²) in [6.45, 7) is 0.530. The van der Waals surface area contributed by atoms with Gasteiger partial charge in [0.1, 0.15) is 5.82 Å². The quantitative estimate of drug-likeness (QED) is 0.504. The number of hydrogen-bond donors (Lipinski definition) is 0. The summed E-state index contributed by atoms with van der Waals surface area (Å²) in [6, 6.07) is 14.4. The Morgan fingerprint density at radius 1 is 1.04 bits per heavy atom. The first-order valence-electron chi connectivity index (χ1n) is 7.88. The standard InChI is InChI=1S/C20H15ClFN2P/c1-24-11-18-13(8-19(24)25)10-23-20(12-2-4-14(21)5-3-12)17-9-15(22)6-7-16(17)18/h2-9,11,25H,10H2,1H3. The largest absolute Gasteiger partial charge is 0.347 e. The Morgan fingerprint density at radius 3 is 2.56 bits per heavy atom. The van der Waals surface area contributed by atoms with Gasteiger partial charge in [-0.05, 0) is 41.5 Å². The molecule has 0 saturated carbocycles. The molecule has 25 heavy (non-hydrogen) atoms. The molecule has 0 unspecified atom stereocenters. The second kappa shape index (κ2) is 6.25. The Morgan fingerprint density at radius 2 is 1.80 bits per heavy atom. The van der Waals surface area contributed by atoms with E-state index in [2.05, 4.69) is 21.1 Å². The number of rotatable bonds is 1. The van der Waals surface area contributed by atoms with E-state index < -0.39 is 0 Å². The van der Waals surface area contributed by atoms with Gasteiger partial charge in [0.2, 0.25) is 0 Å². The van der Waals surface area contributed by atoms with Gasteiger partial charge in [0.05, 0.1) is 17.3 Å². The van der Waals surface area contributed by atoms with Crippen molar-refractivity contribution in [3.05, 3.63) is 87.3 Å². The number of aromatic nitrogens is 1. The zero-order valence-electron chi connectivity index (χ0n) is 13.6. The van der Waals surface area contributed by atoms with Crippen LogP contribution in [-0.4, -0.2) is 10.3 Å². The third-order valence-corrected chi connectivity index (χ3v) is 5.16. The first-order chi connectivity index (χ1) is 12.0. The van der Waals surface area contributed by atoms with E-state index in [9.17, 15) is 4.39 Å². The number of pyridine rings is 1. The van der Waals surface area contributed by atoms with E-state index in [1.807, 2.05) is 41.9 Å². The molecule has 3 aromatic rings. The summed E-state index contributed by atoms with van der Waals surface area (Å²) in [5.41, 5.74) is 5.63. The first-order valence-corrected chi connectivity index (χ1v) is 8.75.